The molecule has 1 amide bonds. The number of hydrogen-bond acceptors (Lipinski definition) is 8. The highest BCUT2D eigenvalue weighted by Crippen LogP contribution is 2.24. The highest BCUT2D eigenvalue weighted by Gasteiger charge is 2.42. The van der Waals surface area contributed by atoms with Gasteiger partial charge < -0.3 is 10.1 Å². The van der Waals surface area contributed by atoms with Crippen molar-refractivity contribution in [1.29, 1.82) is 0 Å². The van der Waals surface area contributed by atoms with Crippen LogP contribution in [0.3, 0.4) is 0 Å². The zero-order chi connectivity index (χ0) is 21.1. The fourth-order valence-corrected chi connectivity index (χ4v) is 6.71. The first-order valence-corrected chi connectivity index (χ1v) is 12.7. The van der Waals surface area contributed by atoms with Gasteiger partial charge in [0, 0.05) is 11.7 Å². The molecule has 0 saturated carbocycles. The molecule has 0 bridgehead atoms. The molecule has 4 rings (SSSR count). The number of benzene rings is 1. The molecule has 1 aromatic heterocycles. The number of nitrogens with zero attached hydrogens (tertiary/aromatic N) is 4. The Labute approximate surface area is 180 Å². The van der Waals surface area contributed by atoms with Crippen molar-refractivity contribution in [3.8, 4) is 11.4 Å². The number of methoxy groups -OCH3 is 1. The normalized spacial score (nSPS) is 23.5. The second-order valence-electron chi connectivity index (χ2n) is 7.53. The molecule has 1 N–H and O–H groups in total. The van der Waals surface area contributed by atoms with Gasteiger partial charge >= 0.3 is 0 Å². The molecule has 0 radical (unpaired) electrons. The SMILES string of the molecule is COc1ccc(-n2cnnc2SCC(=O)N[C@H]2CS(=O)(=O)C[C@H]2N2CCCC2)cc1. The first-order chi connectivity index (χ1) is 14.4. The highest BCUT2D eigenvalue weighted by molar-refractivity contribution is 7.99. The Morgan fingerprint density at radius 2 is 1.97 bits per heavy atom. The zero-order valence-electron chi connectivity index (χ0n) is 16.7. The van der Waals surface area contributed by atoms with Crippen LogP contribution in [-0.4, -0.2) is 83.5 Å². The summed E-state index contributed by atoms with van der Waals surface area (Å²) in [7, 11) is -1.53. The van der Waals surface area contributed by atoms with Gasteiger partial charge in [-0.25, -0.2) is 8.42 Å². The molecule has 2 fully saturated rings. The summed E-state index contributed by atoms with van der Waals surface area (Å²) in [5.41, 5.74) is 0.861. The van der Waals surface area contributed by atoms with E-state index in [1.54, 1.807) is 18.0 Å². The molecule has 162 valence electrons. The molecule has 0 spiro atoms. The van der Waals surface area contributed by atoms with Crippen molar-refractivity contribution in [2.75, 3.05) is 37.5 Å². The fraction of sp³-hybridized carbons (Fsp3) is 0.526. The molecule has 2 aliphatic heterocycles. The predicted molar refractivity (Wildman–Crippen MR) is 114 cm³/mol. The number of carbonyl (C=O) groups is 1. The minimum absolute atomic E-state index is 0.00655. The number of carbonyl (C=O) groups excluding carboxylic acids is 1. The van der Waals surface area contributed by atoms with E-state index in [4.69, 9.17) is 4.74 Å². The predicted octanol–water partition coefficient (Wildman–Crippen LogP) is 0.746. The van der Waals surface area contributed by atoms with Crippen molar-refractivity contribution >= 4 is 27.5 Å². The second kappa shape index (κ2) is 8.94. The summed E-state index contributed by atoms with van der Waals surface area (Å²) in [6.07, 6.45) is 3.75. The lowest BCUT2D eigenvalue weighted by molar-refractivity contribution is -0.119. The summed E-state index contributed by atoms with van der Waals surface area (Å²) < 4.78 is 31.3. The van der Waals surface area contributed by atoms with Crippen molar-refractivity contribution < 1.29 is 17.9 Å². The summed E-state index contributed by atoms with van der Waals surface area (Å²) in [5, 5.41) is 11.6. The summed E-state index contributed by atoms with van der Waals surface area (Å²) in [4.78, 5) is 14.8. The van der Waals surface area contributed by atoms with Crippen LogP contribution in [0.2, 0.25) is 0 Å². The quantitative estimate of drug-likeness (QED) is 0.615. The van der Waals surface area contributed by atoms with Gasteiger partial charge in [-0.1, -0.05) is 11.8 Å². The minimum atomic E-state index is -3.13. The van der Waals surface area contributed by atoms with E-state index in [-0.39, 0.29) is 35.2 Å². The second-order valence-corrected chi connectivity index (χ2v) is 10.6. The topological polar surface area (TPSA) is 106 Å². The maximum absolute atomic E-state index is 12.6. The third kappa shape index (κ3) is 4.79. The minimum Gasteiger partial charge on any atom is -0.497 e. The molecule has 1 aromatic carbocycles. The molecule has 2 aromatic rings. The molecule has 2 atom stereocenters. The molecule has 0 aliphatic carbocycles. The van der Waals surface area contributed by atoms with E-state index in [9.17, 15) is 13.2 Å². The van der Waals surface area contributed by atoms with E-state index >= 15 is 0 Å². The third-order valence-corrected chi connectivity index (χ3v) is 8.14. The van der Waals surface area contributed by atoms with E-state index in [0.717, 1.165) is 37.4 Å². The van der Waals surface area contributed by atoms with Gasteiger partial charge in [-0.2, -0.15) is 0 Å². The number of aromatic nitrogens is 3. The van der Waals surface area contributed by atoms with Crippen LogP contribution in [0, 0.1) is 0 Å². The largest absolute Gasteiger partial charge is 0.497 e. The third-order valence-electron chi connectivity index (χ3n) is 5.48. The Morgan fingerprint density at radius 1 is 1.23 bits per heavy atom. The molecular weight excluding hydrogens is 426 g/mol. The van der Waals surface area contributed by atoms with Crippen LogP contribution in [0.5, 0.6) is 5.75 Å². The van der Waals surface area contributed by atoms with Gasteiger partial charge in [0.15, 0.2) is 15.0 Å². The standard InChI is InChI=1S/C19H25N5O4S2/c1-28-15-6-4-14(5-7-15)24-13-20-22-19(24)29-10-18(25)21-16-11-30(26,27)12-17(16)23-8-2-3-9-23/h4-7,13,16-17H,2-3,8-12H2,1H3,(H,21,25)/t16-,17+/m0/s1. The van der Waals surface area contributed by atoms with Crippen molar-refractivity contribution in [2.24, 2.45) is 0 Å². The van der Waals surface area contributed by atoms with Gasteiger partial charge in [0.1, 0.15) is 12.1 Å². The Bertz CT molecular complexity index is 987. The number of thioether (sulfide) groups is 1. The molecule has 3 heterocycles. The van der Waals surface area contributed by atoms with Gasteiger partial charge in [0.25, 0.3) is 0 Å². The monoisotopic (exact) mass is 451 g/mol. The summed E-state index contributed by atoms with van der Waals surface area (Å²) in [6.45, 7) is 1.79. The van der Waals surface area contributed by atoms with E-state index in [2.05, 4.69) is 20.4 Å². The zero-order valence-corrected chi connectivity index (χ0v) is 18.4. The van der Waals surface area contributed by atoms with Crippen LogP contribution >= 0.6 is 11.8 Å². The van der Waals surface area contributed by atoms with Crippen LogP contribution in [0.15, 0.2) is 35.7 Å². The summed E-state index contributed by atoms with van der Waals surface area (Å²) >= 11 is 1.27. The summed E-state index contributed by atoms with van der Waals surface area (Å²) in [6, 6.07) is 6.97. The molecule has 9 nitrogen and oxygen atoms in total. The molecule has 2 aliphatic rings. The number of ether oxygens (including phenoxy) is 1. The van der Waals surface area contributed by atoms with Gasteiger partial charge in [-0.3, -0.25) is 14.3 Å². The molecule has 11 heteroatoms. The average molecular weight is 452 g/mol. The Morgan fingerprint density at radius 3 is 2.67 bits per heavy atom. The van der Waals surface area contributed by atoms with E-state index in [1.807, 2.05) is 24.3 Å². The number of sulfone groups is 1. The van der Waals surface area contributed by atoms with E-state index < -0.39 is 9.84 Å². The van der Waals surface area contributed by atoms with Crippen molar-refractivity contribution in [3.05, 3.63) is 30.6 Å². The first-order valence-electron chi connectivity index (χ1n) is 9.86. The van der Waals surface area contributed by atoms with Crippen molar-refractivity contribution in [3.63, 3.8) is 0 Å². The first kappa shape index (κ1) is 21.1. The van der Waals surface area contributed by atoms with Crippen LogP contribution in [0.4, 0.5) is 0 Å². The molecule has 30 heavy (non-hydrogen) atoms. The van der Waals surface area contributed by atoms with E-state index in [0.29, 0.717) is 5.16 Å². The van der Waals surface area contributed by atoms with Gasteiger partial charge in [0.2, 0.25) is 5.91 Å². The number of nitrogens with one attached hydrogen (secondary N) is 1. The molecule has 0 unspecified atom stereocenters. The van der Waals surface area contributed by atoms with Gasteiger partial charge in [-0.15, -0.1) is 10.2 Å². The lowest BCUT2D eigenvalue weighted by Gasteiger charge is -2.28. The maximum atomic E-state index is 12.6. The van der Waals surface area contributed by atoms with E-state index in [1.165, 1.54) is 11.8 Å². The smallest absolute Gasteiger partial charge is 0.230 e. The Hall–Kier alpha value is -2.11. The Balaban J connectivity index is 1.37. The fourth-order valence-electron chi connectivity index (χ4n) is 4.02. The van der Waals surface area contributed by atoms with Crippen LogP contribution in [0.1, 0.15) is 12.8 Å². The number of amides is 1. The maximum Gasteiger partial charge on any atom is 0.230 e. The number of likely N-dealkylation sites (tertiary alicyclic amines) is 1. The van der Waals surface area contributed by atoms with Crippen LogP contribution < -0.4 is 10.1 Å². The van der Waals surface area contributed by atoms with Crippen LogP contribution in [0.25, 0.3) is 5.69 Å². The molecular formula is C19H25N5O4S2. The molecule has 2 saturated heterocycles. The lowest BCUT2D eigenvalue weighted by Crippen LogP contribution is -2.50. The van der Waals surface area contributed by atoms with Crippen molar-refractivity contribution in [2.45, 2.75) is 30.1 Å². The number of hydrogen-bond donors (Lipinski definition) is 1. The average Bonchev–Trinajstić information content (AvgIpc) is 3.46. The highest BCUT2D eigenvalue weighted by atomic mass is 32.2. The number of rotatable bonds is 7. The summed E-state index contributed by atoms with van der Waals surface area (Å²) in [5.74, 6) is 0.816. The van der Waals surface area contributed by atoms with Gasteiger partial charge in [-0.05, 0) is 50.2 Å². The lowest BCUT2D eigenvalue weighted by atomic mass is 10.1. The van der Waals surface area contributed by atoms with Crippen molar-refractivity contribution in [1.82, 2.24) is 25.0 Å². The van der Waals surface area contributed by atoms with Gasteiger partial charge in [0.05, 0.1) is 30.4 Å². The Kier molecular flexibility index (Phi) is 6.30. The van der Waals surface area contributed by atoms with Crippen LogP contribution in [-0.2, 0) is 14.6 Å².